The SMILES string of the molecule is O=COC(F)C1=CCNCC1. The van der Waals surface area contributed by atoms with Crippen molar-refractivity contribution in [2.75, 3.05) is 13.1 Å². The molecule has 0 spiro atoms. The van der Waals surface area contributed by atoms with Gasteiger partial charge in [-0.25, -0.2) is 0 Å². The predicted octanol–water partition coefficient (Wildman–Crippen LogP) is 0.375. The summed E-state index contributed by atoms with van der Waals surface area (Å²) in [6.45, 7) is 1.53. The molecule has 0 aliphatic carbocycles. The quantitative estimate of drug-likeness (QED) is 0.477. The second-order valence-electron chi connectivity index (χ2n) is 2.28. The van der Waals surface area contributed by atoms with Gasteiger partial charge in [0.1, 0.15) is 0 Å². The second kappa shape index (κ2) is 4.08. The van der Waals surface area contributed by atoms with Gasteiger partial charge in [0.2, 0.25) is 0 Å². The van der Waals surface area contributed by atoms with Crippen LogP contribution < -0.4 is 5.32 Å². The number of hydrogen-bond donors (Lipinski definition) is 1. The zero-order valence-corrected chi connectivity index (χ0v) is 6.05. The molecule has 0 saturated carbocycles. The second-order valence-corrected chi connectivity index (χ2v) is 2.28. The summed E-state index contributed by atoms with van der Waals surface area (Å²) in [7, 11) is 0. The number of carbonyl (C=O) groups excluding carboxylic acids is 1. The Morgan fingerprint density at radius 1 is 1.82 bits per heavy atom. The van der Waals surface area contributed by atoms with Gasteiger partial charge in [-0.1, -0.05) is 6.08 Å². The van der Waals surface area contributed by atoms with Crippen LogP contribution in [0.15, 0.2) is 11.6 Å². The molecule has 0 radical (unpaired) electrons. The molecule has 0 aromatic heterocycles. The highest BCUT2D eigenvalue weighted by Crippen LogP contribution is 2.13. The van der Waals surface area contributed by atoms with Crippen molar-refractivity contribution in [3.63, 3.8) is 0 Å². The van der Waals surface area contributed by atoms with E-state index in [-0.39, 0.29) is 6.47 Å². The molecule has 0 saturated heterocycles. The first kappa shape index (κ1) is 8.20. The molecule has 1 rings (SSSR count). The molecule has 0 aromatic rings. The largest absolute Gasteiger partial charge is 0.429 e. The van der Waals surface area contributed by atoms with E-state index in [1.807, 2.05) is 0 Å². The number of halogens is 1. The Kier molecular flexibility index (Phi) is 3.04. The average molecular weight is 159 g/mol. The molecule has 1 aliphatic heterocycles. The van der Waals surface area contributed by atoms with Crippen LogP contribution in [0.4, 0.5) is 4.39 Å². The van der Waals surface area contributed by atoms with Gasteiger partial charge >= 0.3 is 0 Å². The van der Waals surface area contributed by atoms with Crippen molar-refractivity contribution in [1.29, 1.82) is 0 Å². The lowest BCUT2D eigenvalue weighted by Gasteiger charge is -2.15. The molecule has 1 aliphatic rings. The summed E-state index contributed by atoms with van der Waals surface area (Å²) in [5.41, 5.74) is 0.552. The Balaban J connectivity index is 2.43. The third kappa shape index (κ3) is 2.31. The number of ether oxygens (including phenoxy) is 1. The van der Waals surface area contributed by atoms with Gasteiger partial charge in [0.15, 0.2) is 0 Å². The van der Waals surface area contributed by atoms with Crippen LogP contribution in [-0.4, -0.2) is 25.9 Å². The third-order valence-electron chi connectivity index (χ3n) is 1.57. The Morgan fingerprint density at radius 3 is 3.18 bits per heavy atom. The van der Waals surface area contributed by atoms with Crippen molar-refractivity contribution in [3.05, 3.63) is 11.6 Å². The molecule has 4 heteroatoms. The fourth-order valence-electron chi connectivity index (χ4n) is 0.982. The van der Waals surface area contributed by atoms with Gasteiger partial charge in [-0.05, 0) is 13.0 Å². The summed E-state index contributed by atoms with van der Waals surface area (Å²) in [4.78, 5) is 9.75. The maximum atomic E-state index is 12.7. The molecule has 0 aromatic carbocycles. The smallest absolute Gasteiger partial charge is 0.295 e. The van der Waals surface area contributed by atoms with Crippen LogP contribution in [0.25, 0.3) is 0 Å². The monoisotopic (exact) mass is 159 g/mol. The molecule has 0 bridgehead atoms. The molecule has 62 valence electrons. The molecule has 0 fully saturated rings. The van der Waals surface area contributed by atoms with E-state index in [0.29, 0.717) is 18.5 Å². The van der Waals surface area contributed by atoms with Crippen LogP contribution >= 0.6 is 0 Å². The van der Waals surface area contributed by atoms with Crippen molar-refractivity contribution in [2.24, 2.45) is 0 Å². The zero-order chi connectivity index (χ0) is 8.10. The van der Waals surface area contributed by atoms with E-state index in [4.69, 9.17) is 0 Å². The van der Waals surface area contributed by atoms with E-state index in [1.165, 1.54) is 0 Å². The highest BCUT2D eigenvalue weighted by atomic mass is 19.1. The molecular weight excluding hydrogens is 149 g/mol. The summed E-state index contributed by atoms with van der Waals surface area (Å²) in [6.07, 6.45) is 0.766. The molecule has 1 heterocycles. The minimum Gasteiger partial charge on any atom is -0.429 e. The van der Waals surface area contributed by atoms with Crippen molar-refractivity contribution < 1.29 is 13.9 Å². The molecule has 3 nitrogen and oxygen atoms in total. The van der Waals surface area contributed by atoms with E-state index < -0.39 is 6.36 Å². The van der Waals surface area contributed by atoms with E-state index in [9.17, 15) is 9.18 Å². The lowest BCUT2D eigenvalue weighted by atomic mass is 10.1. The lowest BCUT2D eigenvalue weighted by Crippen LogP contribution is -2.24. The topological polar surface area (TPSA) is 38.3 Å². The van der Waals surface area contributed by atoms with Crippen molar-refractivity contribution in [1.82, 2.24) is 5.32 Å². The molecule has 0 amide bonds. The number of carbonyl (C=O) groups is 1. The molecule has 1 atom stereocenters. The molecule has 11 heavy (non-hydrogen) atoms. The predicted molar refractivity (Wildman–Crippen MR) is 37.6 cm³/mol. The first-order valence-electron chi connectivity index (χ1n) is 3.47. The minimum atomic E-state index is -1.55. The fourth-order valence-corrected chi connectivity index (χ4v) is 0.982. The number of nitrogens with one attached hydrogen (secondary N) is 1. The van der Waals surface area contributed by atoms with Gasteiger partial charge in [0, 0.05) is 12.1 Å². The number of hydrogen-bond acceptors (Lipinski definition) is 3. The zero-order valence-electron chi connectivity index (χ0n) is 6.05. The lowest BCUT2D eigenvalue weighted by molar-refractivity contribution is -0.138. The molecule has 1 unspecified atom stereocenters. The standard InChI is InChI=1S/C7H10FNO2/c8-7(11-5-10)6-1-3-9-4-2-6/h1,5,7,9H,2-4H2. The van der Waals surface area contributed by atoms with Crippen molar-refractivity contribution >= 4 is 6.47 Å². The van der Waals surface area contributed by atoms with E-state index in [1.54, 1.807) is 6.08 Å². The van der Waals surface area contributed by atoms with Gasteiger partial charge in [0.25, 0.3) is 12.8 Å². The maximum absolute atomic E-state index is 12.7. The van der Waals surface area contributed by atoms with Crippen LogP contribution in [0.2, 0.25) is 0 Å². The van der Waals surface area contributed by atoms with Crippen molar-refractivity contribution in [2.45, 2.75) is 12.8 Å². The van der Waals surface area contributed by atoms with Crippen LogP contribution in [0.5, 0.6) is 0 Å². The van der Waals surface area contributed by atoms with Crippen LogP contribution in [0.1, 0.15) is 6.42 Å². The average Bonchev–Trinajstić information content (AvgIpc) is 2.07. The summed E-state index contributed by atoms with van der Waals surface area (Å²) < 4.78 is 16.9. The van der Waals surface area contributed by atoms with E-state index in [0.717, 1.165) is 6.54 Å². The summed E-state index contributed by atoms with van der Waals surface area (Å²) >= 11 is 0. The normalized spacial score (nSPS) is 20.3. The number of rotatable bonds is 3. The summed E-state index contributed by atoms with van der Waals surface area (Å²) in [5, 5.41) is 3.02. The van der Waals surface area contributed by atoms with Gasteiger partial charge in [0.05, 0.1) is 0 Å². The first-order valence-corrected chi connectivity index (χ1v) is 3.47. The Bertz CT molecular complexity index is 170. The summed E-state index contributed by atoms with van der Waals surface area (Å²) in [6, 6.07) is 0. The fraction of sp³-hybridized carbons (Fsp3) is 0.571. The number of alkyl halides is 1. The molecule has 1 N–H and O–H groups in total. The van der Waals surface area contributed by atoms with Gasteiger partial charge in [-0.3, -0.25) is 4.79 Å². The van der Waals surface area contributed by atoms with Gasteiger partial charge < -0.3 is 10.1 Å². The molecular formula is C7H10FNO2. The first-order chi connectivity index (χ1) is 5.34. The van der Waals surface area contributed by atoms with Crippen LogP contribution in [-0.2, 0) is 9.53 Å². The Morgan fingerprint density at radius 2 is 2.64 bits per heavy atom. The van der Waals surface area contributed by atoms with E-state index in [2.05, 4.69) is 10.1 Å². The summed E-state index contributed by atoms with van der Waals surface area (Å²) in [5.74, 6) is 0. The van der Waals surface area contributed by atoms with Crippen LogP contribution in [0.3, 0.4) is 0 Å². The minimum absolute atomic E-state index is 0.132. The Labute approximate surface area is 64.2 Å². The van der Waals surface area contributed by atoms with Gasteiger partial charge in [-0.15, -0.1) is 0 Å². The highest BCUT2D eigenvalue weighted by Gasteiger charge is 2.14. The van der Waals surface area contributed by atoms with Gasteiger partial charge in [-0.2, -0.15) is 4.39 Å². The maximum Gasteiger partial charge on any atom is 0.295 e. The Hall–Kier alpha value is -0.900. The van der Waals surface area contributed by atoms with E-state index >= 15 is 0 Å². The van der Waals surface area contributed by atoms with Crippen LogP contribution in [0, 0.1) is 0 Å². The third-order valence-corrected chi connectivity index (χ3v) is 1.57. The highest BCUT2D eigenvalue weighted by molar-refractivity contribution is 5.38. The van der Waals surface area contributed by atoms with Crippen molar-refractivity contribution in [3.8, 4) is 0 Å².